The summed E-state index contributed by atoms with van der Waals surface area (Å²) < 4.78 is 5.56. The highest BCUT2D eigenvalue weighted by Gasteiger charge is 2.11. The van der Waals surface area contributed by atoms with Gasteiger partial charge in [0.1, 0.15) is 5.75 Å². The fourth-order valence-corrected chi connectivity index (χ4v) is 2.49. The molecule has 3 heteroatoms. The van der Waals surface area contributed by atoms with Crippen LogP contribution < -0.4 is 10.1 Å². The van der Waals surface area contributed by atoms with E-state index in [9.17, 15) is 0 Å². The fourth-order valence-electron chi connectivity index (χ4n) is 2.36. The smallest absolute Gasteiger partial charge is 0.119 e. The van der Waals surface area contributed by atoms with Crippen molar-refractivity contribution in [3.8, 4) is 5.75 Å². The maximum Gasteiger partial charge on any atom is 0.119 e. The molecule has 0 spiro atoms. The Bertz CT molecular complexity index is 568. The van der Waals surface area contributed by atoms with Crippen LogP contribution in [0.15, 0.2) is 48.5 Å². The summed E-state index contributed by atoms with van der Waals surface area (Å²) in [5, 5.41) is 4.37. The van der Waals surface area contributed by atoms with Crippen molar-refractivity contribution in [3.63, 3.8) is 0 Å². The molecule has 0 aromatic heterocycles. The summed E-state index contributed by atoms with van der Waals surface area (Å²) in [7, 11) is 0. The summed E-state index contributed by atoms with van der Waals surface area (Å²) in [6, 6.07) is 16.7. The number of hydrogen-bond acceptors (Lipinski definition) is 2. The van der Waals surface area contributed by atoms with Gasteiger partial charge in [-0.05, 0) is 56.2 Å². The first kappa shape index (κ1) is 15.9. The number of rotatable bonds is 6. The van der Waals surface area contributed by atoms with Crippen LogP contribution in [0.5, 0.6) is 5.75 Å². The van der Waals surface area contributed by atoms with Gasteiger partial charge in [-0.2, -0.15) is 0 Å². The SMILES string of the molecule is CCOc1cccc(C(C)NC(C)c2ccc(Cl)cc2)c1. The number of benzene rings is 2. The van der Waals surface area contributed by atoms with E-state index in [2.05, 4.69) is 43.4 Å². The molecule has 0 saturated heterocycles. The quantitative estimate of drug-likeness (QED) is 0.796. The molecule has 0 radical (unpaired) electrons. The van der Waals surface area contributed by atoms with E-state index in [1.165, 1.54) is 11.1 Å². The van der Waals surface area contributed by atoms with Crippen LogP contribution in [0.4, 0.5) is 0 Å². The highest BCUT2D eigenvalue weighted by atomic mass is 35.5. The summed E-state index contributed by atoms with van der Waals surface area (Å²) in [5.41, 5.74) is 2.45. The Labute approximate surface area is 132 Å². The average Bonchev–Trinajstić information content (AvgIpc) is 2.48. The van der Waals surface area contributed by atoms with E-state index in [0.29, 0.717) is 6.61 Å². The van der Waals surface area contributed by atoms with Crippen LogP contribution in [0.1, 0.15) is 44.0 Å². The molecule has 0 aliphatic rings. The molecule has 0 bridgehead atoms. The molecule has 2 unspecified atom stereocenters. The number of nitrogens with one attached hydrogen (secondary N) is 1. The average molecular weight is 304 g/mol. The Kier molecular flexibility index (Phi) is 5.66. The Morgan fingerprint density at radius 2 is 1.67 bits per heavy atom. The molecular weight excluding hydrogens is 282 g/mol. The van der Waals surface area contributed by atoms with Crippen molar-refractivity contribution in [1.29, 1.82) is 0 Å². The monoisotopic (exact) mass is 303 g/mol. The van der Waals surface area contributed by atoms with E-state index in [0.717, 1.165) is 10.8 Å². The number of halogens is 1. The minimum atomic E-state index is 0.246. The lowest BCUT2D eigenvalue weighted by Crippen LogP contribution is -2.22. The highest BCUT2D eigenvalue weighted by molar-refractivity contribution is 6.30. The molecule has 2 nitrogen and oxygen atoms in total. The van der Waals surface area contributed by atoms with Crippen LogP contribution in [0, 0.1) is 0 Å². The van der Waals surface area contributed by atoms with Gasteiger partial charge in [0.2, 0.25) is 0 Å². The van der Waals surface area contributed by atoms with Gasteiger partial charge in [0.05, 0.1) is 6.61 Å². The lowest BCUT2D eigenvalue weighted by atomic mass is 10.0. The van der Waals surface area contributed by atoms with Gasteiger partial charge in [-0.15, -0.1) is 0 Å². The Balaban J connectivity index is 2.04. The van der Waals surface area contributed by atoms with E-state index in [1.54, 1.807) is 0 Å². The van der Waals surface area contributed by atoms with E-state index in [4.69, 9.17) is 16.3 Å². The van der Waals surface area contributed by atoms with Gasteiger partial charge in [-0.25, -0.2) is 0 Å². The lowest BCUT2D eigenvalue weighted by Gasteiger charge is -2.21. The molecule has 0 aliphatic carbocycles. The minimum absolute atomic E-state index is 0.246. The van der Waals surface area contributed by atoms with E-state index >= 15 is 0 Å². The van der Waals surface area contributed by atoms with Gasteiger partial charge in [-0.1, -0.05) is 35.9 Å². The van der Waals surface area contributed by atoms with E-state index in [1.807, 2.05) is 31.2 Å². The standard InChI is InChI=1S/C18H22ClNO/c1-4-21-18-7-5-6-16(12-18)14(3)20-13(2)15-8-10-17(19)11-9-15/h5-14,20H,4H2,1-3H3. The fraction of sp³-hybridized carbons (Fsp3) is 0.333. The van der Waals surface area contributed by atoms with Gasteiger partial charge in [0, 0.05) is 17.1 Å². The third-order valence-corrected chi connectivity index (χ3v) is 3.79. The van der Waals surface area contributed by atoms with Crippen LogP contribution in [0.25, 0.3) is 0 Å². The molecule has 0 aliphatic heterocycles. The number of hydrogen-bond donors (Lipinski definition) is 1. The first-order valence-corrected chi connectivity index (χ1v) is 7.72. The van der Waals surface area contributed by atoms with Gasteiger partial charge >= 0.3 is 0 Å². The van der Waals surface area contributed by atoms with Crippen LogP contribution in [-0.4, -0.2) is 6.61 Å². The summed E-state index contributed by atoms with van der Waals surface area (Å²) in [6.45, 7) is 7.01. The normalized spacial score (nSPS) is 13.7. The molecular formula is C18H22ClNO. The molecule has 0 saturated carbocycles. The van der Waals surface area contributed by atoms with Crippen molar-refractivity contribution < 1.29 is 4.74 Å². The maximum absolute atomic E-state index is 5.93. The Morgan fingerprint density at radius 1 is 1.00 bits per heavy atom. The third-order valence-electron chi connectivity index (χ3n) is 3.54. The number of ether oxygens (including phenoxy) is 1. The molecule has 0 fully saturated rings. The van der Waals surface area contributed by atoms with Crippen molar-refractivity contribution in [3.05, 3.63) is 64.7 Å². The van der Waals surface area contributed by atoms with Crippen LogP contribution in [0.2, 0.25) is 5.02 Å². The van der Waals surface area contributed by atoms with Crippen molar-refractivity contribution in [2.75, 3.05) is 6.61 Å². The summed E-state index contributed by atoms with van der Waals surface area (Å²) >= 11 is 5.93. The topological polar surface area (TPSA) is 21.3 Å². The molecule has 1 N–H and O–H groups in total. The van der Waals surface area contributed by atoms with Crippen molar-refractivity contribution in [1.82, 2.24) is 5.32 Å². The first-order valence-electron chi connectivity index (χ1n) is 7.34. The Hall–Kier alpha value is -1.51. The first-order chi connectivity index (χ1) is 10.1. The molecule has 2 atom stereocenters. The predicted octanol–water partition coefficient (Wildman–Crippen LogP) is 5.15. The summed E-state index contributed by atoms with van der Waals surface area (Å²) in [5.74, 6) is 0.919. The molecule has 112 valence electrons. The highest BCUT2D eigenvalue weighted by Crippen LogP contribution is 2.23. The maximum atomic E-state index is 5.93. The molecule has 2 aromatic carbocycles. The second kappa shape index (κ2) is 7.48. The summed E-state index contributed by atoms with van der Waals surface area (Å²) in [4.78, 5) is 0. The largest absolute Gasteiger partial charge is 0.494 e. The van der Waals surface area contributed by atoms with Gasteiger partial charge < -0.3 is 10.1 Å². The molecule has 21 heavy (non-hydrogen) atoms. The zero-order valence-electron chi connectivity index (χ0n) is 12.8. The van der Waals surface area contributed by atoms with E-state index < -0.39 is 0 Å². The van der Waals surface area contributed by atoms with Crippen molar-refractivity contribution in [2.24, 2.45) is 0 Å². The predicted molar refractivity (Wildman–Crippen MR) is 89.0 cm³/mol. The van der Waals surface area contributed by atoms with Gasteiger partial charge in [0.25, 0.3) is 0 Å². The van der Waals surface area contributed by atoms with Crippen LogP contribution in [-0.2, 0) is 0 Å². The minimum Gasteiger partial charge on any atom is -0.494 e. The zero-order valence-corrected chi connectivity index (χ0v) is 13.5. The van der Waals surface area contributed by atoms with Crippen molar-refractivity contribution in [2.45, 2.75) is 32.9 Å². The van der Waals surface area contributed by atoms with Crippen LogP contribution in [0.3, 0.4) is 0 Å². The second-order valence-electron chi connectivity index (χ2n) is 5.17. The molecule has 2 rings (SSSR count). The molecule has 0 heterocycles. The van der Waals surface area contributed by atoms with Crippen molar-refractivity contribution >= 4 is 11.6 Å². The third kappa shape index (κ3) is 4.48. The molecule has 2 aromatic rings. The van der Waals surface area contributed by atoms with Gasteiger partial charge in [-0.3, -0.25) is 0 Å². The van der Waals surface area contributed by atoms with Crippen LogP contribution >= 0.6 is 11.6 Å². The van der Waals surface area contributed by atoms with Gasteiger partial charge in [0.15, 0.2) is 0 Å². The zero-order chi connectivity index (χ0) is 15.2. The second-order valence-corrected chi connectivity index (χ2v) is 5.60. The Morgan fingerprint density at radius 3 is 2.33 bits per heavy atom. The van der Waals surface area contributed by atoms with E-state index in [-0.39, 0.29) is 12.1 Å². The lowest BCUT2D eigenvalue weighted by molar-refractivity contribution is 0.339. The molecule has 0 amide bonds. The summed E-state index contributed by atoms with van der Waals surface area (Å²) in [6.07, 6.45) is 0.